The lowest BCUT2D eigenvalue weighted by Gasteiger charge is -2.15. The van der Waals surface area contributed by atoms with Crippen molar-refractivity contribution in [3.63, 3.8) is 0 Å². The van der Waals surface area contributed by atoms with E-state index in [4.69, 9.17) is 9.47 Å². The summed E-state index contributed by atoms with van der Waals surface area (Å²) in [6, 6.07) is 9.22. The quantitative estimate of drug-likeness (QED) is 0.835. The maximum atomic E-state index is 12.4. The molecule has 2 amide bonds. The van der Waals surface area contributed by atoms with Crippen LogP contribution in [0.25, 0.3) is 0 Å². The molecule has 0 spiro atoms. The lowest BCUT2D eigenvalue weighted by Crippen LogP contribution is -2.20. The molecule has 5 nitrogen and oxygen atoms in total. The van der Waals surface area contributed by atoms with Crippen molar-refractivity contribution in [2.75, 3.05) is 23.8 Å². The van der Waals surface area contributed by atoms with Crippen molar-refractivity contribution in [2.45, 2.75) is 12.8 Å². The van der Waals surface area contributed by atoms with Gasteiger partial charge in [-0.2, -0.15) is 0 Å². The summed E-state index contributed by atoms with van der Waals surface area (Å²) in [6.45, 7) is 1.28. The molecule has 0 bridgehead atoms. The normalized spacial score (nSPS) is 14.5. The molecule has 0 fully saturated rings. The van der Waals surface area contributed by atoms with Crippen molar-refractivity contribution in [3.8, 4) is 11.5 Å². The van der Waals surface area contributed by atoms with Gasteiger partial charge in [-0.05, 0) is 34.1 Å². The number of fused-ring (bicyclic) bond motifs is 2. The number of amides is 2. The molecule has 118 valence electrons. The Morgan fingerprint density at radius 3 is 2.78 bits per heavy atom. The molecule has 2 aromatic rings. The van der Waals surface area contributed by atoms with E-state index in [9.17, 15) is 4.79 Å². The van der Waals surface area contributed by atoms with Gasteiger partial charge in [0.1, 0.15) is 11.5 Å². The summed E-state index contributed by atoms with van der Waals surface area (Å²) in [7, 11) is 0. The summed E-state index contributed by atoms with van der Waals surface area (Å²) >= 11 is 3.42. The van der Waals surface area contributed by atoms with Gasteiger partial charge in [-0.15, -0.1) is 0 Å². The largest absolute Gasteiger partial charge is 0.493 e. The highest BCUT2D eigenvalue weighted by Gasteiger charge is 2.27. The van der Waals surface area contributed by atoms with Crippen LogP contribution < -0.4 is 20.1 Å². The molecule has 2 aliphatic heterocycles. The Morgan fingerprint density at radius 1 is 1.09 bits per heavy atom. The summed E-state index contributed by atoms with van der Waals surface area (Å²) in [6.07, 6.45) is 1.61. The third kappa shape index (κ3) is 2.63. The smallest absolute Gasteiger partial charge is 0.323 e. The van der Waals surface area contributed by atoms with Crippen LogP contribution in [0, 0.1) is 0 Å². The molecule has 2 aromatic carbocycles. The maximum Gasteiger partial charge on any atom is 0.323 e. The van der Waals surface area contributed by atoms with E-state index in [1.54, 1.807) is 0 Å². The monoisotopic (exact) mass is 374 g/mol. The highest BCUT2D eigenvalue weighted by molar-refractivity contribution is 9.10. The van der Waals surface area contributed by atoms with Gasteiger partial charge in [0.05, 0.1) is 24.6 Å². The molecule has 0 aromatic heterocycles. The average molecular weight is 375 g/mol. The van der Waals surface area contributed by atoms with Gasteiger partial charge in [-0.25, -0.2) is 4.79 Å². The van der Waals surface area contributed by atoms with E-state index >= 15 is 0 Å². The topological polar surface area (TPSA) is 59.6 Å². The highest BCUT2D eigenvalue weighted by atomic mass is 79.9. The first kappa shape index (κ1) is 14.4. The van der Waals surface area contributed by atoms with E-state index in [1.807, 2.05) is 30.3 Å². The van der Waals surface area contributed by atoms with Gasteiger partial charge in [0.25, 0.3) is 0 Å². The molecule has 0 saturated heterocycles. The molecule has 0 unspecified atom stereocenters. The van der Waals surface area contributed by atoms with E-state index in [0.717, 1.165) is 45.6 Å². The van der Waals surface area contributed by atoms with E-state index in [2.05, 4.69) is 26.6 Å². The molecule has 6 heteroatoms. The number of nitrogens with one attached hydrogen (secondary N) is 2. The van der Waals surface area contributed by atoms with Crippen LogP contribution in [0.15, 0.2) is 34.8 Å². The van der Waals surface area contributed by atoms with Crippen LogP contribution in [-0.4, -0.2) is 19.2 Å². The fourth-order valence-electron chi connectivity index (χ4n) is 2.95. The lowest BCUT2D eigenvalue weighted by atomic mass is 10.0. The minimum absolute atomic E-state index is 0.296. The molecule has 4 rings (SSSR count). The van der Waals surface area contributed by atoms with Crippen LogP contribution in [-0.2, 0) is 12.8 Å². The standard InChI is InChI=1S/C17H15BrN2O3/c18-12-3-1-2-4-13(12)19-17(21)20-15-11-6-8-22-14(11)9-10-5-7-23-16(10)15/h1-4,9H,5-8H2,(H2,19,20,21). The van der Waals surface area contributed by atoms with Gasteiger partial charge >= 0.3 is 6.03 Å². The zero-order valence-corrected chi connectivity index (χ0v) is 13.9. The summed E-state index contributed by atoms with van der Waals surface area (Å²) in [5.74, 6) is 1.63. The number of urea groups is 1. The van der Waals surface area contributed by atoms with E-state index < -0.39 is 0 Å². The van der Waals surface area contributed by atoms with Crippen LogP contribution in [0.5, 0.6) is 11.5 Å². The number of carbonyl (C=O) groups excluding carboxylic acids is 1. The number of ether oxygens (including phenoxy) is 2. The van der Waals surface area contributed by atoms with Crippen molar-refractivity contribution in [1.82, 2.24) is 0 Å². The van der Waals surface area contributed by atoms with E-state index in [1.165, 1.54) is 0 Å². The highest BCUT2D eigenvalue weighted by Crippen LogP contribution is 2.44. The summed E-state index contributed by atoms with van der Waals surface area (Å²) < 4.78 is 12.2. The second-order valence-electron chi connectivity index (χ2n) is 5.47. The number of halogens is 1. The number of para-hydroxylation sites is 1. The van der Waals surface area contributed by atoms with E-state index in [0.29, 0.717) is 18.9 Å². The summed E-state index contributed by atoms with van der Waals surface area (Å²) in [5.41, 5.74) is 3.54. The first-order valence-corrected chi connectivity index (χ1v) is 8.28. The van der Waals surface area contributed by atoms with Crippen molar-refractivity contribution < 1.29 is 14.3 Å². The van der Waals surface area contributed by atoms with Crippen molar-refractivity contribution >= 4 is 33.3 Å². The lowest BCUT2D eigenvalue weighted by molar-refractivity contribution is 0.262. The fourth-order valence-corrected chi connectivity index (χ4v) is 3.33. The summed E-state index contributed by atoms with van der Waals surface area (Å²) in [4.78, 5) is 12.4. The Labute approximate surface area is 142 Å². The minimum Gasteiger partial charge on any atom is -0.493 e. The molecule has 23 heavy (non-hydrogen) atoms. The number of benzene rings is 2. The number of hydrogen-bond donors (Lipinski definition) is 2. The number of hydrogen-bond acceptors (Lipinski definition) is 3. The Bertz CT molecular complexity index is 759. The van der Waals surface area contributed by atoms with Gasteiger partial charge in [0.15, 0.2) is 0 Å². The van der Waals surface area contributed by atoms with Crippen LogP contribution in [0.3, 0.4) is 0 Å². The second-order valence-corrected chi connectivity index (χ2v) is 6.33. The van der Waals surface area contributed by atoms with Crippen LogP contribution in [0.4, 0.5) is 16.2 Å². The van der Waals surface area contributed by atoms with Gasteiger partial charge in [-0.3, -0.25) is 0 Å². The molecule has 2 heterocycles. The Balaban J connectivity index is 1.62. The zero-order valence-electron chi connectivity index (χ0n) is 12.3. The van der Waals surface area contributed by atoms with Crippen LogP contribution in [0.2, 0.25) is 0 Å². The van der Waals surface area contributed by atoms with Crippen LogP contribution in [0.1, 0.15) is 11.1 Å². The molecule has 0 atom stereocenters. The first-order valence-electron chi connectivity index (χ1n) is 7.49. The average Bonchev–Trinajstić information content (AvgIpc) is 3.18. The number of carbonyl (C=O) groups is 1. The SMILES string of the molecule is O=C(Nc1ccccc1Br)Nc1c2c(cc3c1OCC3)OCC2. The third-order valence-corrected chi connectivity index (χ3v) is 4.70. The predicted molar refractivity (Wildman–Crippen MR) is 91.6 cm³/mol. The van der Waals surface area contributed by atoms with Gasteiger partial charge < -0.3 is 20.1 Å². The van der Waals surface area contributed by atoms with Gasteiger partial charge in [0.2, 0.25) is 0 Å². The third-order valence-electron chi connectivity index (χ3n) is 4.01. The Morgan fingerprint density at radius 2 is 1.91 bits per heavy atom. The molecule has 0 saturated carbocycles. The van der Waals surface area contributed by atoms with Gasteiger partial charge in [-0.1, -0.05) is 12.1 Å². The van der Waals surface area contributed by atoms with Crippen molar-refractivity contribution in [3.05, 3.63) is 45.9 Å². The minimum atomic E-state index is -0.296. The first-order chi connectivity index (χ1) is 11.2. The molecular weight excluding hydrogens is 360 g/mol. The molecule has 0 aliphatic carbocycles. The Kier molecular flexibility index (Phi) is 3.61. The zero-order chi connectivity index (χ0) is 15.8. The molecule has 2 N–H and O–H groups in total. The maximum absolute atomic E-state index is 12.4. The van der Waals surface area contributed by atoms with Crippen molar-refractivity contribution in [1.29, 1.82) is 0 Å². The molecular formula is C17H15BrN2O3. The number of anilines is 2. The van der Waals surface area contributed by atoms with Crippen LogP contribution >= 0.6 is 15.9 Å². The Hall–Kier alpha value is -2.21. The molecule has 2 aliphatic rings. The van der Waals surface area contributed by atoms with Gasteiger partial charge in [0, 0.05) is 28.4 Å². The second kappa shape index (κ2) is 5.77. The summed E-state index contributed by atoms with van der Waals surface area (Å²) in [5, 5.41) is 5.79. The van der Waals surface area contributed by atoms with Crippen molar-refractivity contribution in [2.24, 2.45) is 0 Å². The van der Waals surface area contributed by atoms with E-state index in [-0.39, 0.29) is 6.03 Å². The number of rotatable bonds is 2. The fraction of sp³-hybridized carbons (Fsp3) is 0.235. The molecule has 0 radical (unpaired) electrons. The predicted octanol–water partition coefficient (Wildman–Crippen LogP) is 3.96.